The first-order chi connectivity index (χ1) is 12.1. The summed E-state index contributed by atoms with van der Waals surface area (Å²) in [6, 6.07) is 21.5. The van der Waals surface area contributed by atoms with E-state index >= 15 is 0 Å². The summed E-state index contributed by atoms with van der Waals surface area (Å²) in [4.78, 5) is 11.9. The highest BCUT2D eigenvalue weighted by Gasteiger charge is 2.04. The fourth-order valence-corrected chi connectivity index (χ4v) is 2.76. The van der Waals surface area contributed by atoms with Crippen LogP contribution in [0.15, 0.2) is 76.3 Å². The van der Waals surface area contributed by atoms with Crippen LogP contribution >= 0.6 is 15.9 Å². The number of halogens is 1. The molecule has 0 fully saturated rings. The molecule has 0 aliphatic rings. The zero-order valence-corrected chi connectivity index (χ0v) is 15.3. The molecule has 0 atom stereocenters. The van der Waals surface area contributed by atoms with E-state index in [4.69, 9.17) is 4.74 Å². The molecule has 0 saturated carbocycles. The van der Waals surface area contributed by atoms with Crippen molar-refractivity contribution in [3.8, 4) is 5.75 Å². The Morgan fingerprint density at radius 3 is 2.64 bits per heavy atom. The van der Waals surface area contributed by atoms with Crippen LogP contribution in [0.3, 0.4) is 0 Å². The Morgan fingerprint density at radius 1 is 1.04 bits per heavy atom. The van der Waals surface area contributed by atoms with Crippen LogP contribution in [0.5, 0.6) is 5.75 Å². The molecule has 3 aromatic carbocycles. The van der Waals surface area contributed by atoms with E-state index in [1.165, 1.54) is 0 Å². The predicted molar refractivity (Wildman–Crippen MR) is 104 cm³/mol. The molecule has 0 saturated heterocycles. The van der Waals surface area contributed by atoms with E-state index in [1.807, 2.05) is 73.7 Å². The van der Waals surface area contributed by atoms with Gasteiger partial charge in [-0.25, -0.2) is 5.43 Å². The van der Waals surface area contributed by atoms with Gasteiger partial charge < -0.3 is 4.74 Å². The van der Waals surface area contributed by atoms with Gasteiger partial charge in [-0.05, 0) is 47.5 Å². The smallest absolute Gasteiger partial charge is 0.277 e. The number of hydrogen-bond donors (Lipinski definition) is 1. The van der Waals surface area contributed by atoms with Crippen LogP contribution in [0.1, 0.15) is 12.5 Å². The Labute approximate surface area is 154 Å². The monoisotopic (exact) mass is 396 g/mol. The minimum atomic E-state index is -0.303. The first-order valence-corrected chi connectivity index (χ1v) is 8.62. The van der Waals surface area contributed by atoms with Gasteiger partial charge in [0.15, 0.2) is 6.61 Å². The van der Waals surface area contributed by atoms with E-state index in [-0.39, 0.29) is 12.5 Å². The molecule has 5 heteroatoms. The van der Waals surface area contributed by atoms with Gasteiger partial charge in [0.05, 0.1) is 5.71 Å². The fourth-order valence-electron chi connectivity index (χ4n) is 2.36. The van der Waals surface area contributed by atoms with Gasteiger partial charge in [0.1, 0.15) is 5.75 Å². The summed E-state index contributed by atoms with van der Waals surface area (Å²) < 4.78 is 6.51. The molecule has 0 aromatic heterocycles. The first kappa shape index (κ1) is 17.2. The van der Waals surface area contributed by atoms with Crippen LogP contribution in [0, 0.1) is 0 Å². The molecule has 0 heterocycles. The number of ether oxygens (including phenoxy) is 1. The number of nitrogens with zero attached hydrogens (tertiary/aromatic N) is 1. The Balaban J connectivity index is 1.57. The molecule has 0 bridgehead atoms. The van der Waals surface area contributed by atoms with Crippen LogP contribution in [0.2, 0.25) is 0 Å². The summed E-state index contributed by atoms with van der Waals surface area (Å²) in [6.45, 7) is 1.75. The molecule has 0 spiro atoms. The van der Waals surface area contributed by atoms with E-state index < -0.39 is 0 Å². The molecule has 1 N–H and O–H groups in total. The molecular formula is C20H17BrN2O2. The molecule has 0 aliphatic carbocycles. The van der Waals surface area contributed by atoms with Gasteiger partial charge in [-0.1, -0.05) is 58.4 Å². The van der Waals surface area contributed by atoms with Gasteiger partial charge in [0, 0.05) is 4.47 Å². The fraction of sp³-hybridized carbons (Fsp3) is 0.100. The minimum Gasteiger partial charge on any atom is -0.484 e. The molecule has 1 amide bonds. The average molecular weight is 397 g/mol. The predicted octanol–water partition coefficient (Wildman–Crippen LogP) is 4.52. The van der Waals surface area contributed by atoms with Crippen LogP contribution in [-0.4, -0.2) is 18.2 Å². The van der Waals surface area contributed by atoms with Gasteiger partial charge in [0.2, 0.25) is 0 Å². The molecule has 0 aliphatic heterocycles. The molecule has 126 valence electrons. The number of hydrazone groups is 1. The number of amides is 1. The van der Waals surface area contributed by atoms with Crippen LogP contribution in [-0.2, 0) is 4.79 Å². The summed E-state index contributed by atoms with van der Waals surface area (Å²) in [5, 5.41) is 6.32. The third-order valence-corrected chi connectivity index (χ3v) is 4.17. The van der Waals surface area contributed by atoms with Gasteiger partial charge in [0.25, 0.3) is 5.91 Å². The van der Waals surface area contributed by atoms with Crippen LogP contribution < -0.4 is 10.2 Å². The van der Waals surface area contributed by atoms with E-state index in [0.717, 1.165) is 26.5 Å². The Kier molecular flexibility index (Phi) is 5.46. The lowest BCUT2D eigenvalue weighted by Gasteiger charge is -2.07. The summed E-state index contributed by atoms with van der Waals surface area (Å²) >= 11 is 3.42. The zero-order valence-electron chi connectivity index (χ0n) is 13.7. The third kappa shape index (κ3) is 4.67. The summed E-state index contributed by atoms with van der Waals surface area (Å²) in [6.07, 6.45) is 0. The van der Waals surface area contributed by atoms with Crippen molar-refractivity contribution in [3.63, 3.8) is 0 Å². The maximum Gasteiger partial charge on any atom is 0.277 e. The molecule has 4 nitrogen and oxygen atoms in total. The van der Waals surface area contributed by atoms with Crippen molar-refractivity contribution in [1.29, 1.82) is 0 Å². The lowest BCUT2D eigenvalue weighted by Crippen LogP contribution is -2.25. The SMILES string of the molecule is CC(=NNC(=O)COc1ccc2ccccc2c1)c1cccc(Br)c1. The van der Waals surface area contributed by atoms with Crippen molar-refractivity contribution in [1.82, 2.24) is 5.43 Å². The van der Waals surface area contributed by atoms with Gasteiger partial charge >= 0.3 is 0 Å². The van der Waals surface area contributed by atoms with Gasteiger partial charge in [-0.3, -0.25) is 4.79 Å². The van der Waals surface area contributed by atoms with Crippen molar-refractivity contribution < 1.29 is 9.53 Å². The largest absolute Gasteiger partial charge is 0.484 e. The first-order valence-electron chi connectivity index (χ1n) is 7.82. The lowest BCUT2D eigenvalue weighted by molar-refractivity contribution is -0.123. The van der Waals surface area contributed by atoms with Crippen LogP contribution in [0.4, 0.5) is 0 Å². The van der Waals surface area contributed by atoms with Crippen molar-refractivity contribution in [3.05, 3.63) is 76.8 Å². The Morgan fingerprint density at radius 2 is 1.84 bits per heavy atom. The Hall–Kier alpha value is -2.66. The van der Waals surface area contributed by atoms with Crippen molar-refractivity contribution in [2.45, 2.75) is 6.92 Å². The quantitative estimate of drug-likeness (QED) is 0.508. The molecule has 25 heavy (non-hydrogen) atoms. The van der Waals surface area contributed by atoms with E-state index in [1.54, 1.807) is 0 Å². The third-order valence-electron chi connectivity index (χ3n) is 3.68. The maximum absolute atomic E-state index is 11.9. The average Bonchev–Trinajstić information content (AvgIpc) is 2.64. The van der Waals surface area contributed by atoms with Crippen molar-refractivity contribution in [2.24, 2.45) is 5.10 Å². The normalized spacial score (nSPS) is 11.4. The maximum atomic E-state index is 11.9. The summed E-state index contributed by atoms with van der Waals surface area (Å²) in [5.41, 5.74) is 4.17. The number of hydrogen-bond acceptors (Lipinski definition) is 3. The standard InChI is InChI=1S/C20H17BrN2O2/c1-14(16-7-4-8-18(21)11-16)22-23-20(24)13-25-19-10-9-15-5-2-3-6-17(15)12-19/h2-12H,13H2,1H3,(H,23,24). The Bertz CT molecular complexity index is 938. The molecule has 0 unspecified atom stereocenters. The number of benzene rings is 3. The van der Waals surface area contributed by atoms with Crippen LogP contribution in [0.25, 0.3) is 10.8 Å². The van der Waals surface area contributed by atoms with E-state index in [0.29, 0.717) is 5.75 Å². The summed E-state index contributed by atoms with van der Waals surface area (Å²) in [5.74, 6) is 0.351. The number of carbonyl (C=O) groups excluding carboxylic acids is 1. The van der Waals surface area contributed by atoms with Crippen molar-refractivity contribution in [2.75, 3.05) is 6.61 Å². The number of carbonyl (C=O) groups is 1. The molecule has 3 rings (SSSR count). The molecule has 3 aromatic rings. The molecule has 0 radical (unpaired) electrons. The minimum absolute atomic E-state index is 0.0897. The topological polar surface area (TPSA) is 50.7 Å². The zero-order chi connectivity index (χ0) is 17.6. The second-order valence-electron chi connectivity index (χ2n) is 5.54. The lowest BCUT2D eigenvalue weighted by atomic mass is 10.1. The highest BCUT2D eigenvalue weighted by Crippen LogP contribution is 2.20. The van der Waals surface area contributed by atoms with E-state index in [9.17, 15) is 4.79 Å². The highest BCUT2D eigenvalue weighted by atomic mass is 79.9. The van der Waals surface area contributed by atoms with E-state index in [2.05, 4.69) is 26.5 Å². The van der Waals surface area contributed by atoms with Gasteiger partial charge in [-0.15, -0.1) is 0 Å². The molecular weight excluding hydrogens is 380 g/mol. The second-order valence-corrected chi connectivity index (χ2v) is 6.46. The number of nitrogens with one attached hydrogen (secondary N) is 1. The van der Waals surface area contributed by atoms with Crippen molar-refractivity contribution >= 4 is 38.3 Å². The highest BCUT2D eigenvalue weighted by molar-refractivity contribution is 9.10. The second kappa shape index (κ2) is 7.94. The number of rotatable bonds is 5. The van der Waals surface area contributed by atoms with Gasteiger partial charge in [-0.2, -0.15) is 5.10 Å². The summed E-state index contributed by atoms with van der Waals surface area (Å²) in [7, 11) is 0. The number of fused-ring (bicyclic) bond motifs is 1.